The molecule has 1 aromatic carbocycles. The summed E-state index contributed by atoms with van der Waals surface area (Å²) in [6.45, 7) is 0.658. The highest BCUT2D eigenvalue weighted by molar-refractivity contribution is 9.10. The minimum absolute atomic E-state index is 0.000733. The highest BCUT2D eigenvalue weighted by atomic mass is 79.9. The van der Waals surface area contributed by atoms with E-state index in [0.29, 0.717) is 23.0 Å². The normalized spacial score (nSPS) is 25.6. The van der Waals surface area contributed by atoms with Crippen molar-refractivity contribution in [2.45, 2.75) is 38.1 Å². The molecular formula is C16H17BrFNO2. The third kappa shape index (κ3) is 2.76. The average Bonchev–Trinajstić information content (AvgIpc) is 3.09. The van der Waals surface area contributed by atoms with Gasteiger partial charge in [0.2, 0.25) is 0 Å². The molecule has 21 heavy (non-hydrogen) atoms. The molecule has 1 saturated heterocycles. The summed E-state index contributed by atoms with van der Waals surface area (Å²) in [6.07, 6.45) is 4.23. The van der Waals surface area contributed by atoms with Gasteiger partial charge in [0, 0.05) is 30.5 Å². The van der Waals surface area contributed by atoms with E-state index in [4.69, 9.17) is 0 Å². The van der Waals surface area contributed by atoms with Crippen molar-refractivity contribution in [2.24, 2.45) is 5.92 Å². The summed E-state index contributed by atoms with van der Waals surface area (Å²) in [6, 6.07) is 4.44. The molecule has 1 heterocycles. The molecule has 112 valence electrons. The summed E-state index contributed by atoms with van der Waals surface area (Å²) < 4.78 is 14.0. The number of rotatable bonds is 2. The predicted molar refractivity (Wildman–Crippen MR) is 80.5 cm³/mol. The van der Waals surface area contributed by atoms with Gasteiger partial charge in [-0.3, -0.25) is 9.59 Å². The number of likely N-dealkylation sites (tertiary alicyclic amines) is 1. The third-order valence-electron chi connectivity index (χ3n) is 4.54. The van der Waals surface area contributed by atoms with Crippen molar-refractivity contribution in [3.8, 4) is 0 Å². The van der Waals surface area contributed by atoms with Crippen LogP contribution in [0.15, 0.2) is 22.7 Å². The second-order valence-electron chi connectivity index (χ2n) is 5.80. The largest absolute Gasteiger partial charge is 0.335 e. The van der Waals surface area contributed by atoms with Gasteiger partial charge in [-0.2, -0.15) is 0 Å². The molecule has 2 fully saturated rings. The van der Waals surface area contributed by atoms with Crippen molar-refractivity contribution < 1.29 is 14.0 Å². The van der Waals surface area contributed by atoms with E-state index in [9.17, 15) is 14.0 Å². The van der Waals surface area contributed by atoms with Crippen molar-refractivity contribution in [1.82, 2.24) is 4.90 Å². The Morgan fingerprint density at radius 2 is 2.10 bits per heavy atom. The fourth-order valence-electron chi connectivity index (χ4n) is 3.51. The van der Waals surface area contributed by atoms with Crippen LogP contribution in [0.3, 0.4) is 0 Å². The fourth-order valence-corrected chi connectivity index (χ4v) is 3.75. The van der Waals surface area contributed by atoms with Gasteiger partial charge < -0.3 is 4.90 Å². The Labute approximate surface area is 131 Å². The first-order valence-corrected chi connectivity index (χ1v) is 8.16. The molecule has 1 aliphatic carbocycles. The summed E-state index contributed by atoms with van der Waals surface area (Å²) in [5, 5.41) is 0. The topological polar surface area (TPSA) is 37.4 Å². The maximum Gasteiger partial charge on any atom is 0.254 e. The SMILES string of the molecule is O=C1CCCC1C1CCCN1C(=O)c1ccc(Br)c(F)c1. The van der Waals surface area contributed by atoms with E-state index < -0.39 is 5.82 Å². The smallest absolute Gasteiger partial charge is 0.254 e. The van der Waals surface area contributed by atoms with Crippen LogP contribution in [-0.4, -0.2) is 29.2 Å². The molecule has 1 saturated carbocycles. The molecule has 3 rings (SSSR count). The molecule has 1 amide bonds. The van der Waals surface area contributed by atoms with Gasteiger partial charge in [-0.1, -0.05) is 0 Å². The highest BCUT2D eigenvalue weighted by Crippen LogP contribution is 2.34. The number of carbonyl (C=O) groups excluding carboxylic acids is 2. The van der Waals surface area contributed by atoms with Gasteiger partial charge in [0.15, 0.2) is 0 Å². The minimum atomic E-state index is -0.437. The van der Waals surface area contributed by atoms with Crippen molar-refractivity contribution in [2.75, 3.05) is 6.54 Å². The molecule has 0 bridgehead atoms. The number of ketones is 1. The zero-order valence-corrected chi connectivity index (χ0v) is 13.2. The summed E-state index contributed by atoms with van der Waals surface area (Å²) >= 11 is 3.09. The molecule has 2 unspecified atom stereocenters. The lowest BCUT2D eigenvalue weighted by atomic mass is 9.94. The first-order chi connectivity index (χ1) is 10.1. The van der Waals surface area contributed by atoms with Crippen molar-refractivity contribution >= 4 is 27.6 Å². The van der Waals surface area contributed by atoms with E-state index in [2.05, 4.69) is 15.9 Å². The molecule has 2 aliphatic rings. The Kier molecular flexibility index (Phi) is 4.11. The van der Waals surface area contributed by atoms with Gasteiger partial charge in [0.05, 0.1) is 4.47 Å². The molecule has 1 aromatic rings. The van der Waals surface area contributed by atoms with Crippen molar-refractivity contribution in [3.63, 3.8) is 0 Å². The number of hydrogen-bond acceptors (Lipinski definition) is 2. The summed E-state index contributed by atoms with van der Waals surface area (Å²) in [5.41, 5.74) is 0.355. The molecule has 0 radical (unpaired) electrons. The first-order valence-electron chi connectivity index (χ1n) is 7.36. The molecule has 0 aromatic heterocycles. The van der Waals surface area contributed by atoms with E-state index in [1.807, 2.05) is 0 Å². The van der Waals surface area contributed by atoms with Crippen LogP contribution < -0.4 is 0 Å². The Hall–Kier alpha value is -1.23. The van der Waals surface area contributed by atoms with Crippen LogP contribution in [0, 0.1) is 11.7 Å². The van der Waals surface area contributed by atoms with E-state index in [-0.39, 0.29) is 23.7 Å². The zero-order chi connectivity index (χ0) is 15.0. The lowest BCUT2D eigenvalue weighted by Crippen LogP contribution is -2.41. The quantitative estimate of drug-likeness (QED) is 0.814. The summed E-state index contributed by atoms with van der Waals surface area (Å²) in [7, 11) is 0. The Morgan fingerprint density at radius 1 is 1.29 bits per heavy atom. The fraction of sp³-hybridized carbons (Fsp3) is 0.500. The summed E-state index contributed by atoms with van der Waals surface area (Å²) in [4.78, 5) is 26.4. The number of amides is 1. The van der Waals surface area contributed by atoms with Crippen LogP contribution in [-0.2, 0) is 4.79 Å². The monoisotopic (exact) mass is 353 g/mol. The molecule has 1 aliphatic heterocycles. The Bertz CT molecular complexity index is 590. The number of nitrogens with zero attached hydrogens (tertiary/aromatic N) is 1. The third-order valence-corrected chi connectivity index (χ3v) is 5.19. The molecule has 5 heteroatoms. The van der Waals surface area contributed by atoms with Gasteiger partial charge in [0.1, 0.15) is 11.6 Å². The number of Topliss-reactive ketones (excluding diaryl/α,β-unsaturated/α-hetero) is 1. The summed E-state index contributed by atoms with van der Waals surface area (Å²) in [5.74, 6) is -0.337. The van der Waals surface area contributed by atoms with Crippen LogP contribution in [0.4, 0.5) is 4.39 Å². The zero-order valence-electron chi connectivity index (χ0n) is 11.6. The first kappa shape index (κ1) is 14.7. The van der Waals surface area contributed by atoms with E-state index in [1.165, 1.54) is 6.07 Å². The molecular weight excluding hydrogens is 337 g/mol. The van der Waals surface area contributed by atoms with Crippen molar-refractivity contribution in [3.05, 3.63) is 34.1 Å². The van der Waals surface area contributed by atoms with E-state index in [0.717, 1.165) is 25.7 Å². The average molecular weight is 354 g/mol. The number of benzene rings is 1. The molecule has 0 N–H and O–H groups in total. The second kappa shape index (κ2) is 5.87. The maximum absolute atomic E-state index is 13.6. The van der Waals surface area contributed by atoms with Gasteiger partial charge in [-0.05, 0) is 59.8 Å². The van der Waals surface area contributed by atoms with Crippen LogP contribution in [0.25, 0.3) is 0 Å². The van der Waals surface area contributed by atoms with Gasteiger partial charge in [-0.15, -0.1) is 0 Å². The number of halogens is 2. The minimum Gasteiger partial charge on any atom is -0.335 e. The highest BCUT2D eigenvalue weighted by Gasteiger charge is 2.40. The van der Waals surface area contributed by atoms with E-state index >= 15 is 0 Å². The Balaban J connectivity index is 1.82. The molecule has 2 atom stereocenters. The van der Waals surface area contributed by atoms with Gasteiger partial charge in [-0.25, -0.2) is 4.39 Å². The standard InChI is InChI=1S/C16H17BrFNO2/c17-12-7-6-10(9-13(12)18)16(21)19-8-2-4-14(19)11-3-1-5-15(11)20/h6-7,9,11,14H,1-5,8H2. The molecule has 3 nitrogen and oxygen atoms in total. The maximum atomic E-state index is 13.6. The van der Waals surface area contributed by atoms with Gasteiger partial charge >= 0.3 is 0 Å². The Morgan fingerprint density at radius 3 is 2.76 bits per heavy atom. The van der Waals surface area contributed by atoms with Crippen LogP contribution in [0.1, 0.15) is 42.5 Å². The van der Waals surface area contributed by atoms with Crippen LogP contribution >= 0.6 is 15.9 Å². The van der Waals surface area contributed by atoms with E-state index in [1.54, 1.807) is 17.0 Å². The predicted octanol–water partition coefficient (Wildman–Crippen LogP) is 3.56. The second-order valence-corrected chi connectivity index (χ2v) is 6.66. The molecule has 0 spiro atoms. The number of carbonyl (C=O) groups is 2. The lowest BCUT2D eigenvalue weighted by molar-refractivity contribution is -0.121. The van der Waals surface area contributed by atoms with Gasteiger partial charge in [0.25, 0.3) is 5.91 Å². The number of hydrogen-bond donors (Lipinski definition) is 0. The lowest BCUT2D eigenvalue weighted by Gasteiger charge is -2.28. The van der Waals surface area contributed by atoms with Crippen LogP contribution in [0.5, 0.6) is 0 Å². The van der Waals surface area contributed by atoms with Crippen molar-refractivity contribution in [1.29, 1.82) is 0 Å². The van der Waals surface area contributed by atoms with Crippen LogP contribution in [0.2, 0.25) is 0 Å².